The number of methoxy groups -OCH3 is 2. The monoisotopic (exact) mass is 434 g/mol. The number of fused-ring (bicyclic) bond motifs is 2. The number of nitrogens with zero attached hydrogens (tertiary/aromatic N) is 6. The summed E-state index contributed by atoms with van der Waals surface area (Å²) in [4.78, 5) is 14.3. The predicted octanol–water partition coefficient (Wildman–Crippen LogP) is 2.85. The number of hydrogen-bond acceptors (Lipinski definition) is 6. The lowest BCUT2D eigenvalue weighted by atomic mass is 10.2. The molecule has 1 saturated heterocycles. The van der Waals surface area contributed by atoms with Gasteiger partial charge in [0.1, 0.15) is 11.2 Å². The molecule has 8 nitrogen and oxygen atoms in total. The SMILES string of the molecule is COc1cc2c(nc1OC)c(-c1cc3cccnc3n1C)cn2CCN1CCN(C)CC1. The third-order valence-corrected chi connectivity index (χ3v) is 6.51. The van der Waals surface area contributed by atoms with Crippen molar-refractivity contribution in [2.45, 2.75) is 6.54 Å². The normalized spacial score (nSPS) is 15.6. The molecule has 0 spiro atoms. The molecule has 5 rings (SSSR count). The minimum atomic E-state index is 0.495. The summed E-state index contributed by atoms with van der Waals surface area (Å²) in [5, 5.41) is 1.11. The van der Waals surface area contributed by atoms with E-state index >= 15 is 0 Å². The first-order chi connectivity index (χ1) is 15.6. The quantitative estimate of drug-likeness (QED) is 0.465. The highest BCUT2D eigenvalue weighted by Gasteiger charge is 2.20. The van der Waals surface area contributed by atoms with E-state index in [0.717, 1.165) is 72.6 Å². The second-order valence-electron chi connectivity index (χ2n) is 8.45. The predicted molar refractivity (Wildman–Crippen MR) is 126 cm³/mol. The molecule has 168 valence electrons. The molecule has 0 unspecified atom stereocenters. The lowest BCUT2D eigenvalue weighted by molar-refractivity contribution is 0.150. The van der Waals surface area contributed by atoms with E-state index in [2.05, 4.69) is 56.3 Å². The van der Waals surface area contributed by atoms with Crippen molar-refractivity contribution in [2.24, 2.45) is 7.05 Å². The zero-order chi connectivity index (χ0) is 22.2. The Balaban J connectivity index is 1.59. The number of piperazine rings is 1. The number of hydrogen-bond donors (Lipinski definition) is 0. The van der Waals surface area contributed by atoms with Gasteiger partial charge in [-0.3, -0.25) is 4.90 Å². The first kappa shape index (κ1) is 20.8. The van der Waals surface area contributed by atoms with Gasteiger partial charge in [0.15, 0.2) is 5.75 Å². The first-order valence-corrected chi connectivity index (χ1v) is 11.0. The van der Waals surface area contributed by atoms with Gasteiger partial charge in [-0.1, -0.05) is 0 Å². The second kappa shape index (κ2) is 8.44. The van der Waals surface area contributed by atoms with Crippen LogP contribution in [0.2, 0.25) is 0 Å². The van der Waals surface area contributed by atoms with Gasteiger partial charge in [-0.25, -0.2) is 9.97 Å². The molecule has 1 aliphatic rings. The van der Waals surface area contributed by atoms with E-state index in [-0.39, 0.29) is 0 Å². The molecule has 4 aromatic rings. The van der Waals surface area contributed by atoms with Gasteiger partial charge in [0.05, 0.1) is 25.4 Å². The molecule has 0 atom stereocenters. The fourth-order valence-electron chi connectivity index (χ4n) is 4.58. The number of likely N-dealkylation sites (N-methyl/N-ethyl adjacent to an activating group) is 1. The van der Waals surface area contributed by atoms with Crippen LogP contribution in [0, 0.1) is 0 Å². The molecular weight excluding hydrogens is 404 g/mol. The average Bonchev–Trinajstić information content (AvgIpc) is 3.34. The van der Waals surface area contributed by atoms with Crippen molar-refractivity contribution in [1.29, 1.82) is 0 Å². The van der Waals surface area contributed by atoms with Gasteiger partial charge < -0.3 is 23.5 Å². The van der Waals surface area contributed by atoms with E-state index in [0.29, 0.717) is 11.6 Å². The molecule has 0 amide bonds. The summed E-state index contributed by atoms with van der Waals surface area (Å²) in [7, 11) is 7.52. The number of pyridine rings is 2. The maximum absolute atomic E-state index is 5.56. The van der Waals surface area contributed by atoms with Gasteiger partial charge in [-0.05, 0) is 25.2 Å². The summed E-state index contributed by atoms with van der Waals surface area (Å²) in [6.07, 6.45) is 4.04. The molecule has 32 heavy (non-hydrogen) atoms. The number of aryl methyl sites for hydroxylation is 1. The maximum Gasteiger partial charge on any atom is 0.257 e. The summed E-state index contributed by atoms with van der Waals surface area (Å²) in [6, 6.07) is 8.28. The molecule has 1 fully saturated rings. The van der Waals surface area contributed by atoms with E-state index in [1.54, 1.807) is 14.2 Å². The Labute approximate surface area is 188 Å². The average molecular weight is 435 g/mol. The number of aromatic nitrogens is 4. The molecule has 8 heteroatoms. The van der Waals surface area contributed by atoms with E-state index < -0.39 is 0 Å². The second-order valence-corrected chi connectivity index (χ2v) is 8.45. The molecule has 0 radical (unpaired) electrons. The van der Waals surface area contributed by atoms with Crippen LogP contribution in [-0.2, 0) is 13.6 Å². The van der Waals surface area contributed by atoms with Gasteiger partial charge >= 0.3 is 0 Å². The molecule has 0 aromatic carbocycles. The Hall–Kier alpha value is -3.10. The molecule has 4 aromatic heterocycles. The van der Waals surface area contributed by atoms with Gasteiger partial charge in [0, 0.05) is 75.7 Å². The lowest BCUT2D eigenvalue weighted by Gasteiger charge is -2.32. The van der Waals surface area contributed by atoms with Gasteiger partial charge in [-0.15, -0.1) is 0 Å². The molecule has 0 saturated carbocycles. The summed E-state index contributed by atoms with van der Waals surface area (Å²) in [5.74, 6) is 1.14. The van der Waals surface area contributed by atoms with Crippen molar-refractivity contribution in [3.63, 3.8) is 0 Å². The van der Waals surface area contributed by atoms with Gasteiger partial charge in [-0.2, -0.15) is 0 Å². The highest BCUT2D eigenvalue weighted by Crippen LogP contribution is 2.37. The Bertz CT molecular complexity index is 1250. The van der Waals surface area contributed by atoms with Crippen LogP contribution in [0.25, 0.3) is 33.3 Å². The van der Waals surface area contributed by atoms with Crippen molar-refractivity contribution in [1.82, 2.24) is 28.9 Å². The Kier molecular flexibility index (Phi) is 5.48. The summed E-state index contributed by atoms with van der Waals surface area (Å²) >= 11 is 0. The minimum Gasteiger partial charge on any atom is -0.491 e. The number of rotatable bonds is 6. The van der Waals surface area contributed by atoms with Crippen LogP contribution in [0.3, 0.4) is 0 Å². The fourth-order valence-corrected chi connectivity index (χ4v) is 4.58. The Morgan fingerprint density at radius 3 is 2.53 bits per heavy atom. The molecule has 0 aliphatic carbocycles. The molecule has 1 aliphatic heterocycles. The standard InChI is InChI=1S/C24H30N6O2/c1-27-8-10-29(11-9-27)12-13-30-16-18(19-14-17-6-5-7-25-23(17)28(19)2)22-20(30)15-21(31-3)24(26-22)32-4/h5-7,14-16H,8-13H2,1-4H3. The van der Waals surface area contributed by atoms with Crippen molar-refractivity contribution in [3.8, 4) is 22.9 Å². The van der Waals surface area contributed by atoms with Crippen molar-refractivity contribution in [3.05, 3.63) is 36.7 Å². The van der Waals surface area contributed by atoms with Crippen molar-refractivity contribution in [2.75, 3.05) is 54.0 Å². The molecule has 0 N–H and O–H groups in total. The topological polar surface area (TPSA) is 60.6 Å². The van der Waals surface area contributed by atoms with Crippen LogP contribution in [0.1, 0.15) is 0 Å². The van der Waals surface area contributed by atoms with E-state index in [9.17, 15) is 0 Å². The van der Waals surface area contributed by atoms with Crippen LogP contribution >= 0.6 is 0 Å². The summed E-state index contributed by atoms with van der Waals surface area (Å²) < 4.78 is 15.5. The highest BCUT2D eigenvalue weighted by atomic mass is 16.5. The number of ether oxygens (including phenoxy) is 2. The van der Waals surface area contributed by atoms with Crippen molar-refractivity contribution < 1.29 is 9.47 Å². The largest absolute Gasteiger partial charge is 0.491 e. The first-order valence-electron chi connectivity index (χ1n) is 11.0. The van der Waals surface area contributed by atoms with Gasteiger partial charge in [0.2, 0.25) is 0 Å². The smallest absolute Gasteiger partial charge is 0.257 e. The van der Waals surface area contributed by atoms with Crippen LogP contribution in [0.5, 0.6) is 11.6 Å². The van der Waals surface area contributed by atoms with E-state index in [4.69, 9.17) is 14.5 Å². The van der Waals surface area contributed by atoms with E-state index in [1.165, 1.54) is 0 Å². The lowest BCUT2D eigenvalue weighted by Crippen LogP contribution is -2.45. The van der Waals surface area contributed by atoms with Crippen LogP contribution in [0.4, 0.5) is 0 Å². The maximum atomic E-state index is 5.56. The van der Waals surface area contributed by atoms with Crippen LogP contribution in [-0.4, -0.2) is 82.9 Å². The zero-order valence-corrected chi connectivity index (χ0v) is 19.2. The third-order valence-electron chi connectivity index (χ3n) is 6.51. The van der Waals surface area contributed by atoms with Crippen molar-refractivity contribution >= 4 is 22.1 Å². The minimum absolute atomic E-state index is 0.495. The van der Waals surface area contributed by atoms with E-state index in [1.807, 2.05) is 18.3 Å². The molecular formula is C24H30N6O2. The Morgan fingerprint density at radius 2 is 1.81 bits per heavy atom. The summed E-state index contributed by atoms with van der Waals surface area (Å²) in [5.41, 5.74) is 5.07. The molecule has 5 heterocycles. The summed E-state index contributed by atoms with van der Waals surface area (Å²) in [6.45, 7) is 6.33. The zero-order valence-electron chi connectivity index (χ0n) is 19.2. The highest BCUT2D eigenvalue weighted by molar-refractivity contribution is 5.96. The van der Waals surface area contributed by atoms with Crippen LogP contribution < -0.4 is 9.47 Å². The molecule has 0 bridgehead atoms. The fraction of sp³-hybridized carbons (Fsp3) is 0.417. The third kappa shape index (κ3) is 3.59. The van der Waals surface area contributed by atoms with Gasteiger partial charge in [0.25, 0.3) is 5.88 Å². The van der Waals surface area contributed by atoms with Crippen LogP contribution in [0.15, 0.2) is 36.7 Å². The Morgan fingerprint density at radius 1 is 1.00 bits per heavy atom.